The molecule has 2 saturated heterocycles. The molecule has 1 amide bonds. The molecule has 3 heterocycles. The Morgan fingerprint density at radius 3 is 2.70 bits per heavy atom. The van der Waals surface area contributed by atoms with Gasteiger partial charge in [-0.2, -0.15) is 5.16 Å². The molecule has 0 aromatic carbocycles. The summed E-state index contributed by atoms with van der Waals surface area (Å²) in [5.74, 6) is 0.0882. The molecule has 2 N–H and O–H groups in total. The number of carbonyl (C=O) groups is 1. The first-order valence-electron chi connectivity index (χ1n) is 8.04. The van der Waals surface area contributed by atoms with Crippen molar-refractivity contribution >= 4 is 5.91 Å². The van der Waals surface area contributed by atoms with Crippen LogP contribution in [0.15, 0.2) is 15.4 Å². The number of ether oxygens (including phenoxy) is 1. The van der Waals surface area contributed by atoms with E-state index in [1.54, 1.807) is 4.90 Å². The van der Waals surface area contributed by atoms with Crippen LogP contribution < -0.4 is 5.56 Å². The molecular weight excluding hydrogens is 302 g/mol. The third kappa shape index (κ3) is 4.01. The summed E-state index contributed by atoms with van der Waals surface area (Å²) in [7, 11) is 0. The second kappa shape index (κ2) is 7.29. The number of aliphatic hydroxyl groups excluding tert-OH is 1. The fourth-order valence-electron chi connectivity index (χ4n) is 3.44. The Labute approximate surface area is 134 Å². The number of nitrogens with one attached hydrogen (secondary N) is 1. The molecule has 8 heteroatoms. The average molecular weight is 325 g/mol. The van der Waals surface area contributed by atoms with Gasteiger partial charge in [0.15, 0.2) is 0 Å². The number of carbonyl (C=O) groups excluding carboxylic acids is 1. The molecule has 2 fully saturated rings. The van der Waals surface area contributed by atoms with Gasteiger partial charge in [-0.15, -0.1) is 0 Å². The Kier molecular flexibility index (Phi) is 5.14. The molecule has 0 aliphatic carbocycles. The molecule has 0 radical (unpaired) electrons. The number of rotatable bonds is 4. The minimum absolute atomic E-state index is 0.0266. The number of aromatic nitrogens is 1. The maximum Gasteiger partial charge on any atom is 0.292 e. The quantitative estimate of drug-likeness (QED) is 0.765. The maximum atomic E-state index is 12.5. The number of H-pyrrole nitrogens is 1. The van der Waals surface area contributed by atoms with Crippen molar-refractivity contribution in [2.24, 2.45) is 11.8 Å². The molecule has 2 aliphatic rings. The van der Waals surface area contributed by atoms with Gasteiger partial charge < -0.3 is 19.3 Å². The predicted molar refractivity (Wildman–Crippen MR) is 81.2 cm³/mol. The summed E-state index contributed by atoms with van der Waals surface area (Å²) in [4.78, 5) is 27.6. The summed E-state index contributed by atoms with van der Waals surface area (Å²) in [6, 6.07) is 1.17. The Hall–Kier alpha value is -1.64. The largest absolute Gasteiger partial charge is 0.396 e. The van der Waals surface area contributed by atoms with Gasteiger partial charge in [-0.25, -0.2) is 0 Å². The predicted octanol–water partition coefficient (Wildman–Crippen LogP) is -0.629. The van der Waals surface area contributed by atoms with E-state index in [1.807, 2.05) is 0 Å². The van der Waals surface area contributed by atoms with Crippen LogP contribution in [-0.4, -0.2) is 78.5 Å². The Morgan fingerprint density at radius 1 is 1.30 bits per heavy atom. The van der Waals surface area contributed by atoms with Crippen LogP contribution in [0.2, 0.25) is 0 Å². The van der Waals surface area contributed by atoms with Gasteiger partial charge in [-0.3, -0.25) is 14.5 Å². The number of aliphatic hydroxyl groups is 1. The molecule has 8 nitrogen and oxygen atoms in total. The second-order valence-corrected chi connectivity index (χ2v) is 6.35. The maximum absolute atomic E-state index is 12.5. The fraction of sp³-hybridized carbons (Fsp3) is 0.733. The minimum Gasteiger partial charge on any atom is -0.396 e. The number of likely N-dealkylation sites (tertiary alicyclic amines) is 1. The van der Waals surface area contributed by atoms with E-state index >= 15 is 0 Å². The van der Waals surface area contributed by atoms with Crippen LogP contribution in [-0.2, 0) is 4.74 Å². The first kappa shape index (κ1) is 16.2. The van der Waals surface area contributed by atoms with Crippen LogP contribution in [0.4, 0.5) is 0 Å². The molecule has 2 atom stereocenters. The number of piperidine rings is 1. The van der Waals surface area contributed by atoms with E-state index in [0.29, 0.717) is 19.0 Å². The molecule has 0 saturated carbocycles. The minimum atomic E-state index is -0.422. The summed E-state index contributed by atoms with van der Waals surface area (Å²) in [5, 5.41) is 11.7. The highest BCUT2D eigenvalue weighted by molar-refractivity contribution is 5.91. The van der Waals surface area contributed by atoms with Gasteiger partial charge in [0, 0.05) is 39.3 Å². The molecule has 0 spiro atoms. The van der Waals surface area contributed by atoms with Crippen LogP contribution in [0.3, 0.4) is 0 Å². The second-order valence-electron chi connectivity index (χ2n) is 6.35. The first-order valence-corrected chi connectivity index (χ1v) is 8.04. The molecule has 128 valence electrons. The smallest absolute Gasteiger partial charge is 0.292 e. The molecule has 2 aliphatic heterocycles. The van der Waals surface area contributed by atoms with Crippen molar-refractivity contribution in [2.75, 3.05) is 52.5 Å². The van der Waals surface area contributed by atoms with E-state index in [4.69, 9.17) is 9.26 Å². The van der Waals surface area contributed by atoms with E-state index in [9.17, 15) is 14.7 Å². The van der Waals surface area contributed by atoms with Crippen molar-refractivity contribution in [1.82, 2.24) is 15.0 Å². The molecular formula is C15H23N3O5. The van der Waals surface area contributed by atoms with E-state index in [-0.39, 0.29) is 24.2 Å². The van der Waals surface area contributed by atoms with E-state index in [0.717, 1.165) is 39.3 Å². The van der Waals surface area contributed by atoms with Crippen molar-refractivity contribution < 1.29 is 19.2 Å². The molecule has 0 bridgehead atoms. The molecule has 23 heavy (non-hydrogen) atoms. The molecule has 1 aromatic heterocycles. The van der Waals surface area contributed by atoms with Crippen LogP contribution in [0.25, 0.3) is 0 Å². The number of nitrogens with zero attached hydrogens (tertiary/aromatic N) is 2. The zero-order valence-electron chi connectivity index (χ0n) is 13.1. The lowest BCUT2D eigenvalue weighted by atomic mass is 9.89. The average Bonchev–Trinajstić information content (AvgIpc) is 3.01. The van der Waals surface area contributed by atoms with Gasteiger partial charge in [0.05, 0.1) is 19.3 Å². The topological polar surface area (TPSA) is 99.0 Å². The van der Waals surface area contributed by atoms with Crippen molar-refractivity contribution in [3.63, 3.8) is 0 Å². The first-order chi connectivity index (χ1) is 11.2. The van der Waals surface area contributed by atoms with E-state index in [1.165, 1.54) is 6.07 Å². The Morgan fingerprint density at radius 2 is 2.04 bits per heavy atom. The molecule has 3 rings (SSSR count). The summed E-state index contributed by atoms with van der Waals surface area (Å²) in [6.07, 6.45) is 0.898. The van der Waals surface area contributed by atoms with Crippen LogP contribution in [0.5, 0.6) is 0 Å². The van der Waals surface area contributed by atoms with Gasteiger partial charge in [-0.05, 0) is 18.3 Å². The van der Waals surface area contributed by atoms with Crippen molar-refractivity contribution in [3.05, 3.63) is 22.2 Å². The highest BCUT2D eigenvalue weighted by Crippen LogP contribution is 2.24. The lowest BCUT2D eigenvalue weighted by Gasteiger charge is -2.39. The Bertz CT molecular complexity index is 578. The van der Waals surface area contributed by atoms with Gasteiger partial charge in [0.25, 0.3) is 11.5 Å². The standard InChI is InChI=1S/C15H23N3O5/c19-10-12-5-11(7-17-1-3-22-4-2-17)8-18(9-12)15(21)13-6-14(20)16-23-13/h6,11-12,19H,1-5,7-10H2,(H,16,20)/t11-,12-/m1/s1. The summed E-state index contributed by atoms with van der Waals surface area (Å²) in [5.41, 5.74) is -0.422. The fourth-order valence-corrected chi connectivity index (χ4v) is 3.44. The zero-order chi connectivity index (χ0) is 16.2. The van der Waals surface area contributed by atoms with Gasteiger partial charge in [0.1, 0.15) is 0 Å². The highest BCUT2D eigenvalue weighted by Gasteiger charge is 2.32. The van der Waals surface area contributed by atoms with Crippen molar-refractivity contribution in [1.29, 1.82) is 0 Å². The normalized spacial score (nSPS) is 26.4. The van der Waals surface area contributed by atoms with Crippen LogP contribution >= 0.6 is 0 Å². The van der Waals surface area contributed by atoms with E-state index in [2.05, 4.69) is 10.1 Å². The molecule has 1 aromatic rings. The van der Waals surface area contributed by atoms with Crippen LogP contribution in [0, 0.1) is 11.8 Å². The number of aromatic amines is 1. The monoisotopic (exact) mass is 325 g/mol. The highest BCUT2D eigenvalue weighted by atomic mass is 16.5. The molecule has 0 unspecified atom stereocenters. The summed E-state index contributed by atoms with van der Waals surface area (Å²) in [6.45, 7) is 5.34. The lowest BCUT2D eigenvalue weighted by molar-refractivity contribution is 0.0122. The third-order valence-corrected chi connectivity index (χ3v) is 4.52. The van der Waals surface area contributed by atoms with Gasteiger partial charge >= 0.3 is 0 Å². The van der Waals surface area contributed by atoms with Gasteiger partial charge in [0.2, 0.25) is 5.76 Å². The van der Waals surface area contributed by atoms with Crippen LogP contribution in [0.1, 0.15) is 17.0 Å². The number of hydrogen-bond donors (Lipinski definition) is 2. The van der Waals surface area contributed by atoms with Crippen molar-refractivity contribution in [3.8, 4) is 0 Å². The number of hydrogen-bond acceptors (Lipinski definition) is 6. The van der Waals surface area contributed by atoms with Crippen molar-refractivity contribution in [2.45, 2.75) is 6.42 Å². The Balaban J connectivity index is 1.65. The SMILES string of the molecule is O=C(c1cc(=O)[nH]o1)N1C[C@H](CO)C[C@H](CN2CCOCC2)C1. The summed E-state index contributed by atoms with van der Waals surface area (Å²) >= 11 is 0. The number of amides is 1. The zero-order valence-corrected chi connectivity index (χ0v) is 13.1. The third-order valence-electron chi connectivity index (χ3n) is 4.52. The van der Waals surface area contributed by atoms with E-state index < -0.39 is 5.56 Å². The summed E-state index contributed by atoms with van der Waals surface area (Å²) < 4.78 is 10.3. The van der Waals surface area contributed by atoms with Gasteiger partial charge in [-0.1, -0.05) is 0 Å². The lowest BCUT2D eigenvalue weighted by Crippen LogP contribution is -2.49. The number of morpholine rings is 1.